The van der Waals surface area contributed by atoms with Crippen LogP contribution in [-0.4, -0.2) is 4.92 Å². The van der Waals surface area contributed by atoms with Crippen molar-refractivity contribution < 1.29 is 4.92 Å². The van der Waals surface area contributed by atoms with E-state index in [0.29, 0.717) is 5.92 Å². The number of nitro groups is 1. The highest BCUT2D eigenvalue weighted by atomic mass is 16.6. The van der Waals surface area contributed by atoms with Crippen molar-refractivity contribution in [2.75, 3.05) is 0 Å². The van der Waals surface area contributed by atoms with Gasteiger partial charge < -0.3 is 0 Å². The van der Waals surface area contributed by atoms with Crippen LogP contribution in [0.15, 0.2) is 24.3 Å². The van der Waals surface area contributed by atoms with Gasteiger partial charge in [0.2, 0.25) is 0 Å². The minimum absolute atomic E-state index is 0.284. The van der Waals surface area contributed by atoms with Crippen LogP contribution in [0.3, 0.4) is 0 Å². The van der Waals surface area contributed by atoms with Crippen molar-refractivity contribution in [1.29, 1.82) is 0 Å². The lowest BCUT2D eigenvalue weighted by atomic mass is 9.79. The van der Waals surface area contributed by atoms with E-state index >= 15 is 0 Å². The Balaban J connectivity index is 2.36. The van der Waals surface area contributed by atoms with Gasteiger partial charge in [0.05, 0.1) is 4.92 Å². The average Bonchev–Trinajstić information content (AvgIpc) is 2.02. The molecule has 0 radical (unpaired) electrons. The lowest BCUT2D eigenvalue weighted by Gasteiger charge is -2.25. The van der Waals surface area contributed by atoms with Gasteiger partial charge in [-0.05, 0) is 18.8 Å². The number of para-hydroxylation sites is 1. The molecule has 68 valence electrons. The highest BCUT2D eigenvalue weighted by Crippen LogP contribution is 2.40. The summed E-state index contributed by atoms with van der Waals surface area (Å²) in [5.74, 6) is 0.432. The maximum absolute atomic E-state index is 10.7. The van der Waals surface area contributed by atoms with Gasteiger partial charge in [0.25, 0.3) is 5.69 Å². The third kappa shape index (κ3) is 1.41. The van der Waals surface area contributed by atoms with Crippen molar-refractivity contribution in [2.24, 2.45) is 0 Å². The number of rotatable bonds is 2. The fraction of sp³-hybridized carbons (Fsp3) is 0.400. The number of benzene rings is 1. The van der Waals surface area contributed by atoms with Crippen molar-refractivity contribution in [3.8, 4) is 0 Å². The zero-order chi connectivity index (χ0) is 9.26. The zero-order valence-electron chi connectivity index (χ0n) is 7.27. The monoisotopic (exact) mass is 177 g/mol. The normalized spacial score (nSPS) is 16.6. The Morgan fingerprint density at radius 1 is 1.31 bits per heavy atom. The van der Waals surface area contributed by atoms with Gasteiger partial charge in [0, 0.05) is 11.6 Å². The Labute approximate surface area is 76.5 Å². The summed E-state index contributed by atoms with van der Waals surface area (Å²) < 4.78 is 0. The molecule has 3 heteroatoms. The molecule has 0 N–H and O–H groups in total. The highest BCUT2D eigenvalue weighted by molar-refractivity contribution is 5.42. The summed E-state index contributed by atoms with van der Waals surface area (Å²) in [5, 5.41) is 10.7. The molecule has 0 atom stereocenters. The molecule has 1 aliphatic carbocycles. The fourth-order valence-corrected chi connectivity index (χ4v) is 1.72. The average molecular weight is 177 g/mol. The van der Waals surface area contributed by atoms with Gasteiger partial charge >= 0.3 is 0 Å². The zero-order valence-corrected chi connectivity index (χ0v) is 7.27. The molecular formula is C10H11NO2. The lowest BCUT2D eigenvalue weighted by molar-refractivity contribution is -0.385. The summed E-state index contributed by atoms with van der Waals surface area (Å²) in [6.45, 7) is 0. The molecule has 0 amide bonds. The van der Waals surface area contributed by atoms with Crippen LogP contribution < -0.4 is 0 Å². The van der Waals surface area contributed by atoms with E-state index in [2.05, 4.69) is 0 Å². The molecule has 1 aromatic carbocycles. The number of nitrogens with zero attached hydrogens (tertiary/aromatic N) is 1. The molecule has 0 heterocycles. The Morgan fingerprint density at radius 2 is 2.00 bits per heavy atom. The molecule has 1 aromatic rings. The Hall–Kier alpha value is -1.38. The first-order chi connectivity index (χ1) is 6.29. The van der Waals surface area contributed by atoms with Crippen molar-refractivity contribution in [3.05, 3.63) is 39.9 Å². The van der Waals surface area contributed by atoms with Crippen LogP contribution in [0.25, 0.3) is 0 Å². The topological polar surface area (TPSA) is 43.1 Å². The molecule has 13 heavy (non-hydrogen) atoms. The summed E-state index contributed by atoms with van der Waals surface area (Å²) in [4.78, 5) is 10.4. The summed E-state index contributed by atoms with van der Waals surface area (Å²) in [7, 11) is 0. The van der Waals surface area contributed by atoms with E-state index in [1.807, 2.05) is 12.1 Å². The fourth-order valence-electron chi connectivity index (χ4n) is 1.72. The predicted molar refractivity (Wildman–Crippen MR) is 49.7 cm³/mol. The molecule has 0 unspecified atom stereocenters. The van der Waals surface area contributed by atoms with E-state index in [1.54, 1.807) is 12.1 Å². The van der Waals surface area contributed by atoms with Gasteiger partial charge in [-0.3, -0.25) is 10.1 Å². The number of hydrogen-bond donors (Lipinski definition) is 0. The smallest absolute Gasteiger partial charge is 0.258 e. The third-order valence-electron chi connectivity index (χ3n) is 2.68. The first-order valence-electron chi connectivity index (χ1n) is 4.52. The standard InChI is InChI=1S/C10H11NO2/c12-11(13)10-7-2-1-6-9(10)8-4-3-5-8/h1-2,6-8H,3-5H2. The van der Waals surface area contributed by atoms with Crippen LogP contribution in [0.5, 0.6) is 0 Å². The maximum atomic E-state index is 10.7. The van der Waals surface area contributed by atoms with Crippen LogP contribution in [0.2, 0.25) is 0 Å². The van der Waals surface area contributed by atoms with Crippen LogP contribution in [0.1, 0.15) is 30.7 Å². The van der Waals surface area contributed by atoms with Gasteiger partial charge in [-0.1, -0.05) is 24.6 Å². The minimum Gasteiger partial charge on any atom is -0.258 e. The van der Waals surface area contributed by atoms with Gasteiger partial charge in [0.1, 0.15) is 0 Å². The van der Waals surface area contributed by atoms with Crippen molar-refractivity contribution in [2.45, 2.75) is 25.2 Å². The molecule has 1 aliphatic rings. The summed E-state index contributed by atoms with van der Waals surface area (Å²) in [5.41, 5.74) is 1.20. The van der Waals surface area contributed by atoms with E-state index in [4.69, 9.17) is 0 Å². The van der Waals surface area contributed by atoms with E-state index in [1.165, 1.54) is 6.42 Å². The minimum atomic E-state index is -0.284. The summed E-state index contributed by atoms with van der Waals surface area (Å²) >= 11 is 0. The molecule has 0 aromatic heterocycles. The summed E-state index contributed by atoms with van der Waals surface area (Å²) in [6.07, 6.45) is 3.41. The number of nitro benzene ring substituents is 1. The van der Waals surface area contributed by atoms with Gasteiger partial charge in [-0.25, -0.2) is 0 Å². The molecule has 0 saturated heterocycles. The van der Waals surface area contributed by atoms with Crippen LogP contribution in [0.4, 0.5) is 5.69 Å². The molecular weight excluding hydrogens is 166 g/mol. The van der Waals surface area contributed by atoms with Crippen LogP contribution in [0, 0.1) is 10.1 Å². The van der Waals surface area contributed by atoms with Gasteiger partial charge in [0.15, 0.2) is 0 Å². The Kier molecular flexibility index (Phi) is 2.00. The largest absolute Gasteiger partial charge is 0.272 e. The van der Waals surface area contributed by atoms with E-state index in [0.717, 1.165) is 18.4 Å². The van der Waals surface area contributed by atoms with Crippen LogP contribution in [-0.2, 0) is 0 Å². The quantitative estimate of drug-likeness (QED) is 0.515. The summed E-state index contributed by atoms with van der Waals surface area (Å²) in [6, 6.07) is 7.07. The molecule has 0 spiro atoms. The maximum Gasteiger partial charge on any atom is 0.272 e. The van der Waals surface area contributed by atoms with Crippen LogP contribution >= 0.6 is 0 Å². The molecule has 1 saturated carbocycles. The molecule has 0 aliphatic heterocycles. The second-order valence-electron chi connectivity index (χ2n) is 3.44. The van der Waals surface area contributed by atoms with Gasteiger partial charge in [-0.2, -0.15) is 0 Å². The predicted octanol–water partition coefficient (Wildman–Crippen LogP) is 2.86. The van der Waals surface area contributed by atoms with E-state index < -0.39 is 0 Å². The van der Waals surface area contributed by atoms with E-state index in [9.17, 15) is 10.1 Å². The first kappa shape index (κ1) is 8.23. The van der Waals surface area contributed by atoms with E-state index in [-0.39, 0.29) is 10.6 Å². The van der Waals surface area contributed by atoms with Gasteiger partial charge in [-0.15, -0.1) is 0 Å². The lowest BCUT2D eigenvalue weighted by Crippen LogP contribution is -2.10. The Morgan fingerprint density at radius 3 is 2.54 bits per heavy atom. The molecule has 2 rings (SSSR count). The van der Waals surface area contributed by atoms with Crippen molar-refractivity contribution >= 4 is 5.69 Å². The Bertz CT molecular complexity index is 331. The highest BCUT2D eigenvalue weighted by Gasteiger charge is 2.25. The molecule has 0 bridgehead atoms. The first-order valence-corrected chi connectivity index (χ1v) is 4.52. The SMILES string of the molecule is O=[N+]([O-])c1ccccc1C1CCC1. The van der Waals surface area contributed by atoms with Crippen molar-refractivity contribution in [3.63, 3.8) is 0 Å². The third-order valence-corrected chi connectivity index (χ3v) is 2.68. The second kappa shape index (κ2) is 3.17. The molecule has 1 fully saturated rings. The number of hydrogen-bond acceptors (Lipinski definition) is 2. The van der Waals surface area contributed by atoms with Crippen molar-refractivity contribution in [1.82, 2.24) is 0 Å². The second-order valence-corrected chi connectivity index (χ2v) is 3.44. The molecule has 3 nitrogen and oxygen atoms in total.